The molecule has 2 atom stereocenters. The van der Waals surface area contributed by atoms with Crippen molar-refractivity contribution in [1.82, 2.24) is 19.6 Å². The molecule has 3 heterocycles. The first-order chi connectivity index (χ1) is 18.1. The number of hydrogen-bond acceptors (Lipinski definition) is 6. The van der Waals surface area contributed by atoms with Gasteiger partial charge in [0.1, 0.15) is 5.75 Å². The molecule has 0 aliphatic carbocycles. The summed E-state index contributed by atoms with van der Waals surface area (Å²) in [7, 11) is 2.09. The first-order valence-corrected chi connectivity index (χ1v) is 13.5. The first-order valence-electron chi connectivity index (χ1n) is 13.5. The molecule has 2 aromatic rings. The van der Waals surface area contributed by atoms with Gasteiger partial charge >= 0.3 is 0 Å². The molecule has 2 amide bonds. The number of amides is 2. The van der Waals surface area contributed by atoms with Crippen LogP contribution in [0.15, 0.2) is 48.5 Å². The highest BCUT2D eigenvalue weighted by atomic mass is 16.5. The molecule has 0 aromatic heterocycles. The highest BCUT2D eigenvalue weighted by Crippen LogP contribution is 2.44. The number of carbonyl (C=O) groups excluding carboxylic acids is 2. The molecule has 198 valence electrons. The van der Waals surface area contributed by atoms with Crippen LogP contribution in [0.2, 0.25) is 0 Å². The predicted molar refractivity (Wildman–Crippen MR) is 142 cm³/mol. The van der Waals surface area contributed by atoms with Crippen LogP contribution < -0.4 is 4.74 Å². The Hall–Kier alpha value is -2.94. The summed E-state index contributed by atoms with van der Waals surface area (Å²) in [6, 6.07) is 15.2. The van der Waals surface area contributed by atoms with Crippen LogP contribution in [0.1, 0.15) is 40.4 Å². The van der Waals surface area contributed by atoms with E-state index < -0.39 is 5.92 Å². The second kappa shape index (κ2) is 11.6. The largest absolute Gasteiger partial charge is 0.494 e. The number of nitrogens with zero attached hydrogens (tertiary/aromatic N) is 4. The van der Waals surface area contributed by atoms with Crippen LogP contribution in [0.3, 0.4) is 0 Å². The minimum atomic E-state index is -0.458. The van der Waals surface area contributed by atoms with Crippen LogP contribution in [0.25, 0.3) is 0 Å². The van der Waals surface area contributed by atoms with Crippen molar-refractivity contribution in [3.63, 3.8) is 0 Å². The van der Waals surface area contributed by atoms with Gasteiger partial charge in [-0.05, 0) is 43.3 Å². The van der Waals surface area contributed by atoms with Crippen LogP contribution in [0, 0.1) is 0 Å². The van der Waals surface area contributed by atoms with Gasteiger partial charge in [0, 0.05) is 57.9 Å². The lowest BCUT2D eigenvalue weighted by Gasteiger charge is -2.45. The zero-order chi connectivity index (χ0) is 25.8. The fourth-order valence-electron chi connectivity index (χ4n) is 5.70. The van der Waals surface area contributed by atoms with Crippen LogP contribution in [0.4, 0.5) is 0 Å². The molecule has 0 radical (unpaired) electrons. The third kappa shape index (κ3) is 5.51. The van der Waals surface area contributed by atoms with Crippen LogP contribution in [-0.4, -0.2) is 111 Å². The molecule has 0 bridgehead atoms. The molecule has 8 nitrogen and oxygen atoms in total. The smallest absolute Gasteiger partial charge is 0.254 e. The van der Waals surface area contributed by atoms with Gasteiger partial charge in [0.2, 0.25) is 5.91 Å². The molecule has 2 unspecified atom stereocenters. The number of morpholine rings is 1. The van der Waals surface area contributed by atoms with Gasteiger partial charge in [-0.3, -0.25) is 14.5 Å². The molecule has 8 heteroatoms. The molecule has 2 aromatic carbocycles. The van der Waals surface area contributed by atoms with E-state index in [2.05, 4.69) is 16.8 Å². The maximum atomic E-state index is 14.3. The van der Waals surface area contributed by atoms with Gasteiger partial charge in [-0.2, -0.15) is 0 Å². The molecule has 3 aliphatic rings. The zero-order valence-corrected chi connectivity index (χ0v) is 22.0. The summed E-state index contributed by atoms with van der Waals surface area (Å²) in [6.07, 6.45) is 0. The molecular formula is C29H38N4O4. The monoisotopic (exact) mass is 506 g/mol. The van der Waals surface area contributed by atoms with Crippen LogP contribution in [-0.2, 0) is 9.53 Å². The van der Waals surface area contributed by atoms with Crippen LogP contribution in [0.5, 0.6) is 5.75 Å². The number of fused-ring (bicyclic) bond motifs is 1. The Bertz CT molecular complexity index is 1080. The number of ether oxygens (including phenoxy) is 2. The lowest BCUT2D eigenvalue weighted by atomic mass is 9.78. The average molecular weight is 507 g/mol. The quantitative estimate of drug-likeness (QED) is 0.575. The van der Waals surface area contributed by atoms with Gasteiger partial charge in [-0.15, -0.1) is 0 Å². The molecule has 37 heavy (non-hydrogen) atoms. The number of carbonyl (C=O) groups is 2. The van der Waals surface area contributed by atoms with Crippen molar-refractivity contribution in [2.24, 2.45) is 0 Å². The summed E-state index contributed by atoms with van der Waals surface area (Å²) in [6.45, 7) is 10.1. The third-order valence-electron chi connectivity index (χ3n) is 7.81. The summed E-state index contributed by atoms with van der Waals surface area (Å²) in [4.78, 5) is 36.7. The van der Waals surface area contributed by atoms with E-state index in [4.69, 9.17) is 9.47 Å². The van der Waals surface area contributed by atoms with Crippen LogP contribution >= 0.6 is 0 Å². The number of rotatable bonds is 7. The van der Waals surface area contributed by atoms with Gasteiger partial charge in [0.05, 0.1) is 31.8 Å². The van der Waals surface area contributed by atoms with E-state index in [-0.39, 0.29) is 17.9 Å². The molecule has 2 fully saturated rings. The van der Waals surface area contributed by atoms with Crippen molar-refractivity contribution < 1.29 is 19.1 Å². The molecule has 2 saturated heterocycles. The maximum absolute atomic E-state index is 14.3. The highest BCUT2D eigenvalue weighted by Gasteiger charge is 2.45. The maximum Gasteiger partial charge on any atom is 0.254 e. The average Bonchev–Trinajstić information content (AvgIpc) is 2.94. The van der Waals surface area contributed by atoms with E-state index in [0.717, 1.165) is 49.6 Å². The zero-order valence-electron chi connectivity index (χ0n) is 22.0. The number of piperazine rings is 1. The first kappa shape index (κ1) is 25.7. The van der Waals surface area contributed by atoms with Gasteiger partial charge in [-0.1, -0.05) is 30.3 Å². The molecule has 0 N–H and O–H groups in total. The van der Waals surface area contributed by atoms with Crippen molar-refractivity contribution in [2.75, 3.05) is 79.2 Å². The summed E-state index contributed by atoms with van der Waals surface area (Å²) < 4.78 is 11.2. The lowest BCUT2D eigenvalue weighted by Crippen LogP contribution is -2.53. The van der Waals surface area contributed by atoms with E-state index in [1.807, 2.05) is 65.3 Å². The Labute approximate surface area is 219 Å². The molecule has 5 rings (SSSR count). The number of likely N-dealkylation sites (N-methyl/N-ethyl adjacent to an activating group) is 1. The Kier molecular flexibility index (Phi) is 8.08. The number of hydrogen-bond donors (Lipinski definition) is 0. The SMILES string of the molecule is CCOc1ccc(C2C(C(=O)N3CCN(C)CC3)c3ccccc3C(=O)N2CCN2CCOCC2)cc1. The minimum absolute atomic E-state index is 0.00910. The fourth-order valence-corrected chi connectivity index (χ4v) is 5.70. The Balaban J connectivity index is 1.53. The Morgan fingerprint density at radius 2 is 1.65 bits per heavy atom. The van der Waals surface area contributed by atoms with Gasteiger partial charge in [0.25, 0.3) is 5.91 Å². The molecule has 0 saturated carbocycles. The lowest BCUT2D eigenvalue weighted by molar-refractivity contribution is -0.136. The van der Waals surface area contributed by atoms with Crippen molar-refractivity contribution in [3.8, 4) is 5.75 Å². The van der Waals surface area contributed by atoms with Gasteiger partial charge in [0.15, 0.2) is 0 Å². The van der Waals surface area contributed by atoms with E-state index in [0.29, 0.717) is 45.0 Å². The summed E-state index contributed by atoms with van der Waals surface area (Å²) >= 11 is 0. The van der Waals surface area contributed by atoms with Crippen molar-refractivity contribution in [1.29, 1.82) is 0 Å². The fraction of sp³-hybridized carbons (Fsp3) is 0.517. The summed E-state index contributed by atoms with van der Waals surface area (Å²) in [5.41, 5.74) is 2.43. The van der Waals surface area contributed by atoms with Crippen molar-refractivity contribution in [3.05, 3.63) is 65.2 Å². The standard InChI is InChI=1S/C29H38N4O4/c1-3-37-23-10-8-22(9-11-23)27-26(29(35)32-15-12-30(2)13-16-32)24-6-4-5-7-25(24)28(34)33(27)17-14-31-18-20-36-21-19-31/h4-11,26-27H,3,12-21H2,1-2H3. The van der Waals surface area contributed by atoms with E-state index in [9.17, 15) is 9.59 Å². The summed E-state index contributed by atoms with van der Waals surface area (Å²) in [5.74, 6) is 0.420. The Morgan fingerprint density at radius 1 is 0.946 bits per heavy atom. The molecule has 0 spiro atoms. The van der Waals surface area contributed by atoms with Gasteiger partial charge < -0.3 is 24.2 Å². The predicted octanol–water partition coefficient (Wildman–Crippen LogP) is 2.47. The van der Waals surface area contributed by atoms with E-state index in [1.54, 1.807) is 0 Å². The third-order valence-corrected chi connectivity index (χ3v) is 7.81. The number of benzene rings is 2. The van der Waals surface area contributed by atoms with Gasteiger partial charge in [-0.25, -0.2) is 0 Å². The van der Waals surface area contributed by atoms with E-state index >= 15 is 0 Å². The van der Waals surface area contributed by atoms with Crippen molar-refractivity contribution >= 4 is 11.8 Å². The second-order valence-corrected chi connectivity index (χ2v) is 10.1. The van der Waals surface area contributed by atoms with Crippen molar-refractivity contribution in [2.45, 2.75) is 18.9 Å². The topological polar surface area (TPSA) is 65.6 Å². The highest BCUT2D eigenvalue weighted by molar-refractivity contribution is 6.01. The summed E-state index contributed by atoms with van der Waals surface area (Å²) in [5, 5.41) is 0. The van der Waals surface area contributed by atoms with E-state index in [1.165, 1.54) is 0 Å². The molecular weight excluding hydrogens is 468 g/mol. The molecule has 3 aliphatic heterocycles. The Morgan fingerprint density at radius 3 is 2.35 bits per heavy atom. The second-order valence-electron chi connectivity index (χ2n) is 10.1. The normalized spacial score (nSPS) is 23.1. The minimum Gasteiger partial charge on any atom is -0.494 e.